The molecule has 0 aliphatic heterocycles. The van der Waals surface area contributed by atoms with Gasteiger partial charge in [0, 0.05) is 19.5 Å². The standard InChI is InChI=1S/C13H25NO3/c1-6-8-14(7-2)11(15)9-13(5,10(3)4)12(16)17/h10H,6-9H2,1-5H3,(H,16,17). The molecule has 17 heavy (non-hydrogen) atoms. The first-order chi connectivity index (χ1) is 7.79. The van der Waals surface area contributed by atoms with Crippen LogP contribution < -0.4 is 0 Å². The molecule has 0 saturated carbocycles. The summed E-state index contributed by atoms with van der Waals surface area (Å²) < 4.78 is 0. The predicted molar refractivity (Wildman–Crippen MR) is 67.7 cm³/mol. The molecule has 1 unspecified atom stereocenters. The maximum absolute atomic E-state index is 12.1. The average Bonchev–Trinajstić information content (AvgIpc) is 2.24. The van der Waals surface area contributed by atoms with Crippen LogP contribution in [0.25, 0.3) is 0 Å². The van der Waals surface area contributed by atoms with E-state index in [-0.39, 0.29) is 18.2 Å². The molecule has 0 radical (unpaired) electrons. The van der Waals surface area contributed by atoms with E-state index in [0.717, 1.165) is 6.42 Å². The summed E-state index contributed by atoms with van der Waals surface area (Å²) in [5, 5.41) is 9.27. The van der Waals surface area contributed by atoms with Crippen molar-refractivity contribution >= 4 is 11.9 Å². The number of carboxylic acids is 1. The van der Waals surface area contributed by atoms with Crippen molar-refractivity contribution in [3.05, 3.63) is 0 Å². The minimum absolute atomic E-state index is 0.0621. The summed E-state index contributed by atoms with van der Waals surface area (Å²) in [6.07, 6.45) is 0.971. The Bertz CT molecular complexity index is 276. The van der Waals surface area contributed by atoms with Crippen molar-refractivity contribution in [3.8, 4) is 0 Å². The highest BCUT2D eigenvalue weighted by atomic mass is 16.4. The Morgan fingerprint density at radius 1 is 1.29 bits per heavy atom. The largest absolute Gasteiger partial charge is 0.481 e. The van der Waals surface area contributed by atoms with E-state index in [4.69, 9.17) is 0 Å². The lowest BCUT2D eigenvalue weighted by atomic mass is 9.76. The molecule has 4 nitrogen and oxygen atoms in total. The summed E-state index contributed by atoms with van der Waals surface area (Å²) in [4.78, 5) is 25.1. The summed E-state index contributed by atoms with van der Waals surface area (Å²) >= 11 is 0. The second-order valence-corrected chi connectivity index (χ2v) is 5.03. The molecule has 0 rings (SSSR count). The van der Waals surface area contributed by atoms with Crippen LogP contribution >= 0.6 is 0 Å². The van der Waals surface area contributed by atoms with Gasteiger partial charge in [-0.2, -0.15) is 0 Å². The van der Waals surface area contributed by atoms with Gasteiger partial charge in [0.1, 0.15) is 0 Å². The zero-order chi connectivity index (χ0) is 13.6. The van der Waals surface area contributed by atoms with Crippen LogP contribution in [0.15, 0.2) is 0 Å². The zero-order valence-corrected chi connectivity index (χ0v) is 11.6. The molecule has 0 spiro atoms. The van der Waals surface area contributed by atoms with Crippen molar-refractivity contribution in [2.75, 3.05) is 13.1 Å². The van der Waals surface area contributed by atoms with Gasteiger partial charge in [-0.15, -0.1) is 0 Å². The molecule has 0 aromatic carbocycles. The summed E-state index contributed by atoms with van der Waals surface area (Å²) in [6, 6.07) is 0. The first-order valence-electron chi connectivity index (χ1n) is 6.30. The van der Waals surface area contributed by atoms with Gasteiger partial charge in [-0.1, -0.05) is 20.8 Å². The molecule has 1 amide bonds. The maximum Gasteiger partial charge on any atom is 0.310 e. The van der Waals surface area contributed by atoms with Crippen molar-refractivity contribution in [1.29, 1.82) is 0 Å². The van der Waals surface area contributed by atoms with Crippen molar-refractivity contribution in [2.45, 2.75) is 47.5 Å². The third kappa shape index (κ3) is 4.02. The van der Waals surface area contributed by atoms with Gasteiger partial charge in [0.25, 0.3) is 0 Å². The molecule has 0 saturated heterocycles. The Labute approximate surface area is 104 Å². The third-order valence-electron chi connectivity index (χ3n) is 3.51. The molecule has 1 atom stereocenters. The minimum atomic E-state index is -0.974. The van der Waals surface area contributed by atoms with Gasteiger partial charge in [0.15, 0.2) is 0 Å². The third-order valence-corrected chi connectivity index (χ3v) is 3.51. The van der Waals surface area contributed by atoms with E-state index < -0.39 is 11.4 Å². The fraction of sp³-hybridized carbons (Fsp3) is 0.846. The predicted octanol–water partition coefficient (Wildman–Crippen LogP) is 2.38. The van der Waals surface area contributed by atoms with E-state index in [1.165, 1.54) is 0 Å². The van der Waals surface area contributed by atoms with Crippen LogP contribution in [0.4, 0.5) is 0 Å². The van der Waals surface area contributed by atoms with Crippen molar-refractivity contribution in [1.82, 2.24) is 4.90 Å². The second kappa shape index (κ2) is 6.62. The van der Waals surface area contributed by atoms with E-state index in [0.29, 0.717) is 13.1 Å². The molecule has 0 aliphatic carbocycles. The highest BCUT2D eigenvalue weighted by Crippen LogP contribution is 2.32. The van der Waals surface area contributed by atoms with E-state index in [9.17, 15) is 14.7 Å². The lowest BCUT2D eigenvalue weighted by Crippen LogP contribution is -2.41. The molecule has 0 aromatic rings. The first kappa shape index (κ1) is 15.9. The molecular weight excluding hydrogens is 218 g/mol. The summed E-state index contributed by atoms with van der Waals surface area (Å²) in [5.74, 6) is -1.02. The Kier molecular flexibility index (Phi) is 6.21. The Hall–Kier alpha value is -1.06. The van der Waals surface area contributed by atoms with E-state index in [1.807, 2.05) is 27.7 Å². The van der Waals surface area contributed by atoms with Gasteiger partial charge in [-0.25, -0.2) is 0 Å². The molecule has 4 heteroatoms. The van der Waals surface area contributed by atoms with Gasteiger partial charge in [0.2, 0.25) is 5.91 Å². The number of nitrogens with zero attached hydrogens (tertiary/aromatic N) is 1. The number of aliphatic carboxylic acids is 1. The summed E-state index contributed by atoms with van der Waals surface area (Å²) in [7, 11) is 0. The lowest BCUT2D eigenvalue weighted by molar-refractivity contribution is -0.155. The fourth-order valence-electron chi connectivity index (χ4n) is 1.68. The number of rotatable bonds is 7. The normalized spacial score (nSPS) is 14.5. The van der Waals surface area contributed by atoms with Gasteiger partial charge >= 0.3 is 5.97 Å². The summed E-state index contributed by atoms with van der Waals surface area (Å²) in [5.41, 5.74) is -0.974. The highest BCUT2D eigenvalue weighted by Gasteiger charge is 2.39. The number of carbonyl (C=O) groups is 2. The fourth-order valence-corrected chi connectivity index (χ4v) is 1.68. The van der Waals surface area contributed by atoms with Crippen LogP contribution in [0, 0.1) is 11.3 Å². The van der Waals surface area contributed by atoms with E-state index in [2.05, 4.69) is 0 Å². The highest BCUT2D eigenvalue weighted by molar-refractivity contribution is 5.84. The van der Waals surface area contributed by atoms with Crippen LogP contribution in [-0.2, 0) is 9.59 Å². The maximum atomic E-state index is 12.1. The van der Waals surface area contributed by atoms with Crippen LogP contribution in [0.3, 0.4) is 0 Å². The Morgan fingerprint density at radius 3 is 2.12 bits per heavy atom. The molecule has 100 valence electrons. The van der Waals surface area contributed by atoms with Crippen LogP contribution in [0.5, 0.6) is 0 Å². The minimum Gasteiger partial charge on any atom is -0.481 e. The van der Waals surface area contributed by atoms with Gasteiger partial charge in [0.05, 0.1) is 5.41 Å². The van der Waals surface area contributed by atoms with E-state index >= 15 is 0 Å². The average molecular weight is 243 g/mol. The quantitative estimate of drug-likeness (QED) is 0.747. The van der Waals surface area contributed by atoms with Gasteiger partial charge in [-0.05, 0) is 26.2 Å². The van der Waals surface area contributed by atoms with E-state index in [1.54, 1.807) is 11.8 Å². The second-order valence-electron chi connectivity index (χ2n) is 5.03. The number of carbonyl (C=O) groups excluding carboxylic acids is 1. The van der Waals surface area contributed by atoms with Crippen molar-refractivity contribution in [2.24, 2.45) is 11.3 Å². The molecule has 1 N–H and O–H groups in total. The van der Waals surface area contributed by atoms with Crippen LogP contribution in [0.1, 0.15) is 47.5 Å². The molecule has 0 aromatic heterocycles. The van der Waals surface area contributed by atoms with Crippen molar-refractivity contribution in [3.63, 3.8) is 0 Å². The molecule has 0 bridgehead atoms. The lowest BCUT2D eigenvalue weighted by Gasteiger charge is -2.31. The number of hydrogen-bond donors (Lipinski definition) is 1. The van der Waals surface area contributed by atoms with Crippen LogP contribution in [0.2, 0.25) is 0 Å². The molecular formula is C13H25NO3. The zero-order valence-electron chi connectivity index (χ0n) is 11.6. The van der Waals surface area contributed by atoms with Gasteiger partial charge < -0.3 is 10.0 Å². The Balaban J connectivity index is 4.78. The van der Waals surface area contributed by atoms with Crippen LogP contribution in [-0.4, -0.2) is 35.0 Å². The first-order valence-corrected chi connectivity index (χ1v) is 6.30. The topological polar surface area (TPSA) is 57.6 Å². The molecule has 0 heterocycles. The van der Waals surface area contributed by atoms with Gasteiger partial charge in [-0.3, -0.25) is 9.59 Å². The number of hydrogen-bond acceptors (Lipinski definition) is 2. The molecule has 0 fully saturated rings. The SMILES string of the molecule is CCCN(CC)C(=O)CC(C)(C(=O)O)C(C)C. The monoisotopic (exact) mass is 243 g/mol. The van der Waals surface area contributed by atoms with Crippen molar-refractivity contribution < 1.29 is 14.7 Å². The molecule has 0 aliphatic rings. The Morgan fingerprint density at radius 2 is 1.82 bits per heavy atom. The number of amides is 1. The smallest absolute Gasteiger partial charge is 0.310 e. The number of carboxylic acid groups (broad SMARTS) is 1. The summed E-state index contributed by atoms with van der Waals surface area (Å²) in [6.45, 7) is 10.6.